The second-order valence-corrected chi connectivity index (χ2v) is 4.41. The minimum Gasteiger partial charge on any atom is -0.274 e. The van der Waals surface area contributed by atoms with Crippen LogP contribution >= 0.6 is 11.3 Å². The molecule has 4 heteroatoms. The van der Waals surface area contributed by atoms with Crippen molar-refractivity contribution < 1.29 is 9.59 Å². The molecule has 2 amide bonds. The first-order chi connectivity index (χ1) is 7.61. The fourth-order valence-corrected chi connectivity index (χ4v) is 2.62. The molecule has 1 aromatic heterocycles. The van der Waals surface area contributed by atoms with E-state index in [1.54, 1.807) is 6.07 Å². The van der Waals surface area contributed by atoms with Crippen LogP contribution in [0.15, 0.2) is 29.6 Å². The first-order valence-electron chi connectivity index (χ1n) is 4.88. The monoisotopic (exact) mass is 233 g/mol. The molecule has 0 N–H and O–H groups in total. The van der Waals surface area contributed by atoms with E-state index in [1.165, 1.54) is 30.1 Å². The summed E-state index contributed by atoms with van der Waals surface area (Å²) in [4.78, 5) is 24.1. The number of fused-ring (bicyclic) bond motifs is 1. The number of anilines is 1. The third-order valence-electron chi connectivity index (χ3n) is 2.33. The fourth-order valence-electron chi connectivity index (χ4n) is 1.71. The quantitative estimate of drug-likeness (QED) is 0.759. The van der Waals surface area contributed by atoms with E-state index in [1.807, 2.05) is 23.6 Å². The molecule has 3 nitrogen and oxygen atoms in total. The van der Waals surface area contributed by atoms with Crippen molar-refractivity contribution in [3.63, 3.8) is 0 Å². The van der Waals surface area contributed by atoms with Gasteiger partial charge in [-0.05, 0) is 22.9 Å². The van der Waals surface area contributed by atoms with Gasteiger partial charge in [-0.15, -0.1) is 11.3 Å². The molecule has 0 atom stereocenters. The molecule has 0 spiro atoms. The van der Waals surface area contributed by atoms with Crippen molar-refractivity contribution in [1.29, 1.82) is 0 Å². The molecule has 0 fully saturated rings. The van der Waals surface area contributed by atoms with Crippen LogP contribution in [0.4, 0.5) is 5.69 Å². The number of imide groups is 1. The molecule has 0 aliphatic rings. The summed E-state index contributed by atoms with van der Waals surface area (Å²) < 4.78 is 0.966. The lowest BCUT2D eigenvalue weighted by Crippen LogP contribution is -2.33. The SMILES string of the molecule is CC(=O)N(C(C)=O)c1cccc2ccsc12. The molecule has 0 saturated carbocycles. The Kier molecular flexibility index (Phi) is 2.75. The van der Waals surface area contributed by atoms with Gasteiger partial charge in [-0.25, -0.2) is 4.90 Å². The first-order valence-corrected chi connectivity index (χ1v) is 5.76. The van der Waals surface area contributed by atoms with Gasteiger partial charge in [0.25, 0.3) is 0 Å². The average molecular weight is 233 g/mol. The number of thiophene rings is 1. The van der Waals surface area contributed by atoms with E-state index in [9.17, 15) is 9.59 Å². The van der Waals surface area contributed by atoms with Crippen molar-refractivity contribution in [3.05, 3.63) is 29.6 Å². The summed E-state index contributed by atoms with van der Waals surface area (Å²) in [6.45, 7) is 2.79. The molecule has 1 aromatic carbocycles. The van der Waals surface area contributed by atoms with Gasteiger partial charge in [-0.1, -0.05) is 12.1 Å². The van der Waals surface area contributed by atoms with Crippen LogP contribution in [0, 0.1) is 0 Å². The van der Waals surface area contributed by atoms with Crippen LogP contribution in [0.1, 0.15) is 13.8 Å². The largest absolute Gasteiger partial charge is 0.274 e. The van der Waals surface area contributed by atoms with E-state index >= 15 is 0 Å². The highest BCUT2D eigenvalue weighted by molar-refractivity contribution is 7.17. The molecule has 82 valence electrons. The van der Waals surface area contributed by atoms with Crippen LogP contribution in [-0.4, -0.2) is 11.8 Å². The zero-order valence-corrected chi connectivity index (χ0v) is 9.88. The molecular weight excluding hydrogens is 222 g/mol. The topological polar surface area (TPSA) is 37.4 Å². The number of hydrogen-bond acceptors (Lipinski definition) is 3. The smallest absolute Gasteiger partial charge is 0.230 e. The van der Waals surface area contributed by atoms with Gasteiger partial charge in [-0.2, -0.15) is 0 Å². The molecule has 2 rings (SSSR count). The van der Waals surface area contributed by atoms with Crippen molar-refractivity contribution in [2.24, 2.45) is 0 Å². The summed E-state index contributed by atoms with van der Waals surface area (Å²) >= 11 is 1.53. The molecule has 0 radical (unpaired) electrons. The molecule has 0 aliphatic heterocycles. The molecule has 1 heterocycles. The van der Waals surface area contributed by atoms with Crippen LogP contribution in [0.25, 0.3) is 10.1 Å². The zero-order valence-electron chi connectivity index (χ0n) is 9.06. The van der Waals surface area contributed by atoms with Gasteiger partial charge in [0, 0.05) is 13.8 Å². The number of amides is 2. The molecule has 0 bridgehead atoms. The molecule has 0 saturated heterocycles. The molecular formula is C12H11NO2S. The summed E-state index contributed by atoms with van der Waals surface area (Å²) in [6, 6.07) is 7.58. The van der Waals surface area contributed by atoms with Crippen molar-refractivity contribution in [2.45, 2.75) is 13.8 Å². The minimum absolute atomic E-state index is 0.256. The van der Waals surface area contributed by atoms with Gasteiger partial charge >= 0.3 is 0 Å². The molecule has 16 heavy (non-hydrogen) atoms. The van der Waals surface area contributed by atoms with Gasteiger partial charge in [0.15, 0.2) is 0 Å². The standard InChI is InChI=1S/C12H11NO2S/c1-8(14)13(9(2)15)11-5-3-4-10-6-7-16-12(10)11/h3-7H,1-2H3. The van der Waals surface area contributed by atoms with Crippen LogP contribution in [0.2, 0.25) is 0 Å². The minimum atomic E-state index is -0.256. The van der Waals surface area contributed by atoms with E-state index in [2.05, 4.69) is 0 Å². The predicted molar refractivity (Wildman–Crippen MR) is 65.7 cm³/mol. The number of hydrogen-bond donors (Lipinski definition) is 0. The van der Waals surface area contributed by atoms with Crippen LogP contribution in [0.3, 0.4) is 0 Å². The predicted octanol–water partition coefficient (Wildman–Crippen LogP) is 2.80. The summed E-state index contributed by atoms with van der Waals surface area (Å²) in [5, 5.41) is 3.00. The zero-order chi connectivity index (χ0) is 11.7. The van der Waals surface area contributed by atoms with E-state index in [-0.39, 0.29) is 11.8 Å². The van der Waals surface area contributed by atoms with Crippen molar-refractivity contribution in [1.82, 2.24) is 0 Å². The lowest BCUT2D eigenvalue weighted by atomic mass is 10.2. The second-order valence-electron chi connectivity index (χ2n) is 3.49. The van der Waals surface area contributed by atoms with Gasteiger partial charge in [0.05, 0.1) is 10.4 Å². The number of rotatable bonds is 1. The van der Waals surface area contributed by atoms with Gasteiger partial charge in [0.2, 0.25) is 11.8 Å². The highest BCUT2D eigenvalue weighted by atomic mass is 32.1. The van der Waals surface area contributed by atoms with E-state index < -0.39 is 0 Å². The van der Waals surface area contributed by atoms with Crippen LogP contribution in [-0.2, 0) is 9.59 Å². The average Bonchev–Trinajstić information content (AvgIpc) is 2.65. The maximum Gasteiger partial charge on any atom is 0.230 e. The molecule has 0 aliphatic carbocycles. The van der Waals surface area contributed by atoms with Crippen molar-refractivity contribution in [2.75, 3.05) is 4.90 Å². The fraction of sp³-hybridized carbons (Fsp3) is 0.167. The van der Waals surface area contributed by atoms with Crippen molar-refractivity contribution in [3.8, 4) is 0 Å². The van der Waals surface area contributed by atoms with E-state index in [0.29, 0.717) is 5.69 Å². The van der Waals surface area contributed by atoms with Crippen molar-refractivity contribution >= 4 is 38.9 Å². The molecule has 2 aromatic rings. The van der Waals surface area contributed by atoms with Gasteiger partial charge in [-0.3, -0.25) is 9.59 Å². The summed E-state index contributed by atoms with van der Waals surface area (Å²) in [7, 11) is 0. The number of benzene rings is 1. The lowest BCUT2D eigenvalue weighted by molar-refractivity contribution is -0.124. The van der Waals surface area contributed by atoms with Gasteiger partial charge < -0.3 is 0 Å². The van der Waals surface area contributed by atoms with Crippen LogP contribution in [0.5, 0.6) is 0 Å². The number of nitrogens with zero attached hydrogens (tertiary/aromatic N) is 1. The second kappa shape index (κ2) is 4.06. The Morgan fingerprint density at radius 2 is 1.81 bits per heavy atom. The maximum atomic E-state index is 11.5. The third-order valence-corrected chi connectivity index (χ3v) is 3.28. The number of carbonyl (C=O) groups is 2. The Balaban J connectivity index is 2.65. The Labute approximate surface area is 97.3 Å². The third kappa shape index (κ3) is 1.72. The maximum absolute atomic E-state index is 11.5. The Hall–Kier alpha value is -1.68. The molecule has 0 unspecified atom stereocenters. The Morgan fingerprint density at radius 1 is 1.12 bits per heavy atom. The normalized spacial score (nSPS) is 10.4. The Morgan fingerprint density at radius 3 is 2.44 bits per heavy atom. The van der Waals surface area contributed by atoms with Gasteiger partial charge in [0.1, 0.15) is 0 Å². The van der Waals surface area contributed by atoms with E-state index in [4.69, 9.17) is 0 Å². The van der Waals surface area contributed by atoms with E-state index in [0.717, 1.165) is 10.1 Å². The lowest BCUT2D eigenvalue weighted by Gasteiger charge is -2.17. The first kappa shape index (κ1) is 10.8. The highest BCUT2D eigenvalue weighted by Gasteiger charge is 2.18. The summed E-state index contributed by atoms with van der Waals surface area (Å²) in [5.74, 6) is -0.512. The summed E-state index contributed by atoms with van der Waals surface area (Å²) in [5.41, 5.74) is 0.674. The van der Waals surface area contributed by atoms with Crippen LogP contribution < -0.4 is 4.90 Å². The Bertz CT molecular complexity index is 545. The highest BCUT2D eigenvalue weighted by Crippen LogP contribution is 2.31. The number of carbonyl (C=O) groups excluding carboxylic acids is 2. The summed E-state index contributed by atoms with van der Waals surface area (Å²) in [6.07, 6.45) is 0.